The van der Waals surface area contributed by atoms with Crippen molar-refractivity contribution in [3.8, 4) is 5.75 Å². The number of carbonyl (C=O) groups is 2. The van der Waals surface area contributed by atoms with E-state index in [2.05, 4.69) is 19.1 Å². The molecule has 0 N–H and O–H groups in total. The molecule has 136 valence electrons. The average molecular weight is 351 g/mol. The minimum Gasteiger partial charge on any atom is -0.497 e. The number of fused-ring (bicyclic) bond motifs is 2. The minimum absolute atomic E-state index is 0.103. The van der Waals surface area contributed by atoms with Crippen molar-refractivity contribution in [1.82, 2.24) is 0 Å². The van der Waals surface area contributed by atoms with Crippen LogP contribution >= 0.6 is 0 Å². The van der Waals surface area contributed by atoms with Crippen LogP contribution in [-0.4, -0.2) is 19.4 Å². The highest BCUT2D eigenvalue weighted by Crippen LogP contribution is 2.55. The van der Waals surface area contributed by atoms with E-state index >= 15 is 0 Å². The normalized spacial score (nSPS) is 29.3. The van der Waals surface area contributed by atoms with Crippen LogP contribution in [0.1, 0.15) is 32.6 Å². The number of anilines is 1. The van der Waals surface area contributed by atoms with Crippen molar-refractivity contribution in [2.24, 2.45) is 23.7 Å². The molecule has 2 saturated carbocycles. The monoisotopic (exact) mass is 351 g/mol. The Morgan fingerprint density at radius 3 is 2.62 bits per heavy atom. The molecule has 0 heterocycles. The van der Waals surface area contributed by atoms with Gasteiger partial charge in [-0.2, -0.15) is 0 Å². The lowest BCUT2D eigenvalue weighted by molar-refractivity contribution is -0.126. The molecule has 0 aliphatic heterocycles. The molecule has 4 rings (SSSR count). The molecule has 4 atom stereocenters. The number of imide groups is 1. The Morgan fingerprint density at radius 1 is 1.19 bits per heavy atom. The van der Waals surface area contributed by atoms with E-state index in [0.29, 0.717) is 23.8 Å². The van der Waals surface area contributed by atoms with Gasteiger partial charge in [-0.05, 0) is 43.7 Å². The van der Waals surface area contributed by atoms with Gasteiger partial charge < -0.3 is 4.74 Å². The topological polar surface area (TPSA) is 46.6 Å². The number of amides is 2. The predicted molar refractivity (Wildman–Crippen MR) is 101 cm³/mol. The van der Waals surface area contributed by atoms with Crippen LogP contribution < -0.4 is 9.64 Å². The molecular weight excluding hydrogens is 326 g/mol. The summed E-state index contributed by atoms with van der Waals surface area (Å²) in [7, 11) is 1.58. The number of rotatable bonds is 4. The van der Waals surface area contributed by atoms with Gasteiger partial charge in [0.15, 0.2) is 0 Å². The summed E-state index contributed by atoms with van der Waals surface area (Å²) in [6.45, 7) is 2.15. The number of ether oxygens (including phenoxy) is 1. The van der Waals surface area contributed by atoms with Gasteiger partial charge in [-0.3, -0.25) is 14.5 Å². The average Bonchev–Trinajstić information content (AvgIpc) is 3.37. The molecule has 1 aromatic carbocycles. The fourth-order valence-corrected chi connectivity index (χ4v) is 5.09. The van der Waals surface area contributed by atoms with Crippen molar-refractivity contribution in [2.75, 3.05) is 12.0 Å². The molecule has 3 aliphatic carbocycles. The van der Waals surface area contributed by atoms with Crippen molar-refractivity contribution >= 4 is 18.0 Å². The molecule has 26 heavy (non-hydrogen) atoms. The van der Waals surface area contributed by atoms with E-state index in [9.17, 15) is 9.59 Å². The number of hydrogen-bond donors (Lipinski definition) is 0. The summed E-state index contributed by atoms with van der Waals surface area (Å²) in [5.74, 6) is 1.12. The van der Waals surface area contributed by atoms with Gasteiger partial charge in [-0.15, -0.1) is 0 Å². The second-order valence-electron chi connectivity index (χ2n) is 7.60. The highest BCUT2D eigenvalue weighted by molar-refractivity contribution is 6.08. The fraction of sp³-hybridized carbons (Fsp3) is 0.455. The highest BCUT2D eigenvalue weighted by atomic mass is 16.5. The van der Waals surface area contributed by atoms with Crippen molar-refractivity contribution in [2.45, 2.75) is 32.6 Å². The van der Waals surface area contributed by atoms with Gasteiger partial charge in [-0.25, -0.2) is 0 Å². The Labute approximate surface area is 154 Å². The van der Waals surface area contributed by atoms with E-state index in [1.54, 1.807) is 30.9 Å². The second-order valence-corrected chi connectivity index (χ2v) is 7.60. The third-order valence-electron chi connectivity index (χ3n) is 6.34. The van der Waals surface area contributed by atoms with Crippen LogP contribution in [0.4, 0.5) is 5.69 Å². The fourth-order valence-electron chi connectivity index (χ4n) is 5.09. The smallest absolute Gasteiger partial charge is 0.237 e. The van der Waals surface area contributed by atoms with Crippen molar-refractivity contribution < 1.29 is 14.3 Å². The van der Waals surface area contributed by atoms with Gasteiger partial charge >= 0.3 is 0 Å². The molecule has 3 aliphatic rings. The first-order chi connectivity index (χ1) is 12.7. The Morgan fingerprint density at radius 2 is 1.92 bits per heavy atom. The van der Waals surface area contributed by atoms with Crippen LogP contribution in [0.25, 0.3) is 0 Å². The summed E-state index contributed by atoms with van der Waals surface area (Å²) in [5, 5.41) is 0. The summed E-state index contributed by atoms with van der Waals surface area (Å²) in [6.07, 6.45) is 9.97. The maximum atomic E-state index is 13.3. The van der Waals surface area contributed by atoms with Gasteiger partial charge in [0.25, 0.3) is 0 Å². The molecule has 1 aromatic rings. The van der Waals surface area contributed by atoms with E-state index in [4.69, 9.17) is 4.74 Å². The van der Waals surface area contributed by atoms with Gasteiger partial charge in [0.05, 0.1) is 18.7 Å². The Kier molecular flexibility index (Phi) is 4.43. The molecular formula is C22H25NO3. The van der Waals surface area contributed by atoms with Gasteiger partial charge in [-0.1, -0.05) is 36.3 Å². The van der Waals surface area contributed by atoms with Crippen LogP contribution in [0, 0.1) is 23.7 Å². The molecule has 4 heteroatoms. The quantitative estimate of drug-likeness (QED) is 0.605. The third-order valence-corrected chi connectivity index (χ3v) is 6.34. The van der Waals surface area contributed by atoms with E-state index < -0.39 is 0 Å². The number of nitrogens with zero attached hydrogens (tertiary/aromatic N) is 1. The SMILES string of the molecule is COc1cccc(N(C=O)C(=O)[C@H]2[C@@H](C)[C@H]3C=C[C@H]2C3=C2CCCC2)c1. The van der Waals surface area contributed by atoms with E-state index in [1.165, 1.54) is 36.2 Å². The number of hydrogen-bond acceptors (Lipinski definition) is 3. The molecule has 2 amide bonds. The number of carbonyl (C=O) groups excluding carboxylic acids is 2. The molecule has 0 spiro atoms. The van der Waals surface area contributed by atoms with Crippen LogP contribution in [0.15, 0.2) is 47.6 Å². The highest BCUT2D eigenvalue weighted by Gasteiger charge is 2.51. The molecule has 0 saturated heterocycles. The lowest BCUT2D eigenvalue weighted by Gasteiger charge is -2.27. The third kappa shape index (κ3) is 2.59. The minimum atomic E-state index is -0.162. The zero-order valence-electron chi connectivity index (χ0n) is 15.4. The van der Waals surface area contributed by atoms with E-state index in [0.717, 1.165) is 0 Å². The van der Waals surface area contributed by atoms with Gasteiger partial charge in [0.2, 0.25) is 12.3 Å². The molecule has 0 aromatic heterocycles. The molecule has 4 nitrogen and oxygen atoms in total. The predicted octanol–water partition coefficient (Wildman–Crippen LogP) is 4.12. The zero-order chi connectivity index (χ0) is 18.3. The number of allylic oxidation sites excluding steroid dienone is 4. The molecule has 0 radical (unpaired) electrons. The van der Waals surface area contributed by atoms with E-state index in [-0.39, 0.29) is 23.7 Å². The lowest BCUT2D eigenvalue weighted by Crippen LogP contribution is -2.39. The summed E-state index contributed by atoms with van der Waals surface area (Å²) in [6, 6.07) is 7.12. The zero-order valence-corrected chi connectivity index (χ0v) is 15.4. The number of benzene rings is 1. The van der Waals surface area contributed by atoms with Crippen LogP contribution in [-0.2, 0) is 9.59 Å². The van der Waals surface area contributed by atoms with Crippen LogP contribution in [0.2, 0.25) is 0 Å². The van der Waals surface area contributed by atoms with Crippen molar-refractivity contribution in [1.29, 1.82) is 0 Å². The first kappa shape index (κ1) is 17.1. The first-order valence-corrected chi connectivity index (χ1v) is 9.48. The lowest BCUT2D eigenvalue weighted by atomic mass is 9.83. The van der Waals surface area contributed by atoms with Crippen LogP contribution in [0.3, 0.4) is 0 Å². The van der Waals surface area contributed by atoms with Gasteiger partial charge in [0, 0.05) is 17.9 Å². The largest absolute Gasteiger partial charge is 0.497 e. The molecule has 0 unspecified atom stereocenters. The summed E-state index contributed by atoms with van der Waals surface area (Å²) in [4.78, 5) is 26.4. The standard InChI is InChI=1S/C22H25NO3/c1-14-18-10-11-19(21(18)15-6-3-4-7-15)20(14)22(25)23(13-24)16-8-5-9-17(12-16)26-2/h5,8-14,18-20H,3-4,6-7H2,1-2H3/t14-,18+,19+,20-/m0/s1. The van der Waals surface area contributed by atoms with E-state index in [1.807, 2.05) is 6.07 Å². The Bertz CT molecular complexity index is 786. The van der Waals surface area contributed by atoms with Crippen molar-refractivity contribution in [3.63, 3.8) is 0 Å². The summed E-state index contributed by atoms with van der Waals surface area (Å²) >= 11 is 0. The van der Waals surface area contributed by atoms with Crippen LogP contribution in [0.5, 0.6) is 5.75 Å². The Balaban J connectivity index is 1.66. The summed E-state index contributed by atoms with van der Waals surface area (Å²) < 4.78 is 5.24. The maximum absolute atomic E-state index is 13.3. The molecule has 2 bridgehead atoms. The number of methoxy groups -OCH3 is 1. The first-order valence-electron chi connectivity index (χ1n) is 9.48. The second kappa shape index (κ2) is 6.75. The maximum Gasteiger partial charge on any atom is 0.237 e. The summed E-state index contributed by atoms with van der Waals surface area (Å²) in [5.41, 5.74) is 3.61. The molecule has 2 fully saturated rings. The van der Waals surface area contributed by atoms with Gasteiger partial charge in [0.1, 0.15) is 5.75 Å². The Hall–Kier alpha value is -2.36. The van der Waals surface area contributed by atoms with Crippen molar-refractivity contribution in [3.05, 3.63) is 47.6 Å².